The molecule has 24 heavy (non-hydrogen) atoms. The van der Waals surface area contributed by atoms with Gasteiger partial charge in [0.05, 0.1) is 22.9 Å². The molecule has 2 aromatic carbocycles. The van der Waals surface area contributed by atoms with Crippen LogP contribution in [0, 0.1) is 0 Å². The molecule has 0 saturated carbocycles. The van der Waals surface area contributed by atoms with E-state index in [1.165, 1.54) is 12.1 Å². The smallest absolute Gasteiger partial charge is 0.238 e. The largest absolute Gasteiger partial charge is 0.477 e. The molecule has 1 aromatic heterocycles. The quantitative estimate of drug-likeness (QED) is 0.771. The Bertz CT molecular complexity index is 933. The lowest BCUT2D eigenvalue weighted by Gasteiger charge is -2.08. The van der Waals surface area contributed by atoms with E-state index in [1.807, 2.05) is 43.3 Å². The number of ether oxygens (including phenoxy) is 1. The summed E-state index contributed by atoms with van der Waals surface area (Å²) in [4.78, 5) is 0.0599. The number of nitrogens with two attached hydrogens (primary N) is 1. The molecule has 0 aliphatic rings. The van der Waals surface area contributed by atoms with Crippen LogP contribution in [0.25, 0.3) is 16.9 Å². The molecule has 2 N–H and O–H groups in total. The second kappa shape index (κ2) is 6.46. The Labute approximate surface area is 140 Å². The van der Waals surface area contributed by atoms with Gasteiger partial charge in [-0.1, -0.05) is 30.3 Å². The lowest BCUT2D eigenvalue weighted by molar-refractivity contribution is 0.324. The van der Waals surface area contributed by atoms with Gasteiger partial charge in [-0.05, 0) is 31.2 Å². The van der Waals surface area contributed by atoms with Crippen LogP contribution in [-0.4, -0.2) is 24.8 Å². The monoisotopic (exact) mass is 343 g/mol. The fraction of sp³-hybridized carbons (Fsp3) is 0.118. The fourth-order valence-electron chi connectivity index (χ4n) is 2.37. The molecule has 0 aliphatic heterocycles. The van der Waals surface area contributed by atoms with Crippen LogP contribution in [0.1, 0.15) is 6.92 Å². The molecule has 0 fully saturated rings. The van der Waals surface area contributed by atoms with Gasteiger partial charge in [-0.2, -0.15) is 0 Å². The first kappa shape index (κ1) is 16.2. The summed E-state index contributed by atoms with van der Waals surface area (Å²) in [6.45, 7) is 2.40. The minimum absolute atomic E-state index is 0.0599. The number of primary sulfonamides is 1. The van der Waals surface area contributed by atoms with Crippen LogP contribution in [0.4, 0.5) is 0 Å². The van der Waals surface area contributed by atoms with Crippen molar-refractivity contribution in [2.24, 2.45) is 5.14 Å². The molecule has 0 unspecified atom stereocenters. The number of hydrogen-bond donors (Lipinski definition) is 1. The lowest BCUT2D eigenvalue weighted by Crippen LogP contribution is -2.12. The second-order valence-electron chi connectivity index (χ2n) is 5.12. The number of aromatic nitrogens is 2. The molecule has 3 aromatic rings. The van der Waals surface area contributed by atoms with E-state index in [4.69, 9.17) is 9.88 Å². The molecule has 0 bridgehead atoms. The first-order valence-electron chi connectivity index (χ1n) is 7.40. The number of nitrogens with zero attached hydrogens (tertiary/aromatic N) is 2. The minimum Gasteiger partial charge on any atom is -0.477 e. The van der Waals surface area contributed by atoms with E-state index < -0.39 is 10.0 Å². The maximum Gasteiger partial charge on any atom is 0.238 e. The molecule has 1 heterocycles. The molecule has 0 saturated heterocycles. The molecule has 3 rings (SSSR count). The summed E-state index contributed by atoms with van der Waals surface area (Å²) >= 11 is 0. The summed E-state index contributed by atoms with van der Waals surface area (Å²) in [6.07, 6.45) is 0. The van der Waals surface area contributed by atoms with Gasteiger partial charge in [-0.15, -0.1) is 5.10 Å². The molecular weight excluding hydrogens is 326 g/mol. The highest BCUT2D eigenvalue weighted by molar-refractivity contribution is 7.89. The third kappa shape index (κ3) is 3.32. The highest BCUT2D eigenvalue weighted by Gasteiger charge is 2.13. The first-order valence-corrected chi connectivity index (χ1v) is 8.95. The van der Waals surface area contributed by atoms with E-state index in [0.29, 0.717) is 18.2 Å². The Hall–Kier alpha value is -2.64. The van der Waals surface area contributed by atoms with Crippen LogP contribution < -0.4 is 9.88 Å². The lowest BCUT2D eigenvalue weighted by atomic mass is 10.1. The van der Waals surface area contributed by atoms with Gasteiger partial charge in [0.15, 0.2) is 0 Å². The van der Waals surface area contributed by atoms with Crippen molar-refractivity contribution in [1.82, 2.24) is 9.78 Å². The van der Waals surface area contributed by atoms with Crippen LogP contribution in [0.3, 0.4) is 0 Å². The van der Waals surface area contributed by atoms with Crippen LogP contribution >= 0.6 is 0 Å². The number of sulfonamides is 1. The van der Waals surface area contributed by atoms with Gasteiger partial charge in [0.25, 0.3) is 0 Å². The Morgan fingerprint density at radius 1 is 1.08 bits per heavy atom. The van der Waals surface area contributed by atoms with Crippen LogP contribution in [0.2, 0.25) is 0 Å². The molecular formula is C17H17N3O3S. The molecule has 0 atom stereocenters. The van der Waals surface area contributed by atoms with Crippen molar-refractivity contribution in [2.45, 2.75) is 11.8 Å². The zero-order valence-electron chi connectivity index (χ0n) is 13.1. The topological polar surface area (TPSA) is 87.2 Å². The number of rotatable bonds is 5. The fourth-order valence-corrected chi connectivity index (χ4v) is 2.88. The van der Waals surface area contributed by atoms with Gasteiger partial charge in [0, 0.05) is 11.6 Å². The van der Waals surface area contributed by atoms with Crippen molar-refractivity contribution < 1.29 is 13.2 Å². The van der Waals surface area contributed by atoms with Crippen LogP contribution in [0.15, 0.2) is 65.6 Å². The van der Waals surface area contributed by atoms with E-state index in [9.17, 15) is 8.42 Å². The zero-order valence-corrected chi connectivity index (χ0v) is 13.9. The normalized spacial score (nSPS) is 11.4. The molecule has 0 aliphatic carbocycles. The summed E-state index contributed by atoms with van der Waals surface area (Å²) in [5, 5.41) is 9.59. The third-order valence-electron chi connectivity index (χ3n) is 3.46. The number of hydrogen-bond acceptors (Lipinski definition) is 4. The van der Waals surface area contributed by atoms with E-state index in [-0.39, 0.29) is 4.90 Å². The first-order chi connectivity index (χ1) is 11.5. The minimum atomic E-state index is -3.72. The summed E-state index contributed by atoms with van der Waals surface area (Å²) in [5.41, 5.74) is 2.54. The average Bonchev–Trinajstić information content (AvgIpc) is 2.99. The van der Waals surface area contributed by atoms with Crippen molar-refractivity contribution >= 4 is 10.0 Å². The van der Waals surface area contributed by atoms with Crippen LogP contribution in [0.5, 0.6) is 5.88 Å². The van der Waals surface area contributed by atoms with Gasteiger partial charge >= 0.3 is 0 Å². The summed E-state index contributed by atoms with van der Waals surface area (Å²) < 4.78 is 30.0. The maximum absolute atomic E-state index is 11.4. The van der Waals surface area contributed by atoms with Crippen molar-refractivity contribution in [1.29, 1.82) is 0 Å². The Morgan fingerprint density at radius 2 is 1.75 bits per heavy atom. The molecule has 6 nitrogen and oxygen atoms in total. The Kier molecular flexibility index (Phi) is 4.37. The van der Waals surface area contributed by atoms with Crippen molar-refractivity contribution in [3.05, 3.63) is 60.7 Å². The van der Waals surface area contributed by atoms with Crippen molar-refractivity contribution in [3.8, 4) is 22.8 Å². The zero-order chi connectivity index (χ0) is 17.2. The predicted octanol–water partition coefficient (Wildman–Crippen LogP) is 2.59. The van der Waals surface area contributed by atoms with Gasteiger partial charge in [0.2, 0.25) is 15.9 Å². The maximum atomic E-state index is 11.4. The van der Waals surface area contributed by atoms with E-state index in [0.717, 1.165) is 11.3 Å². The molecule has 7 heteroatoms. The molecule has 0 radical (unpaired) electrons. The summed E-state index contributed by atoms with van der Waals surface area (Å²) in [6, 6.07) is 17.9. The molecule has 0 spiro atoms. The predicted molar refractivity (Wildman–Crippen MR) is 91.5 cm³/mol. The van der Waals surface area contributed by atoms with Crippen molar-refractivity contribution in [2.75, 3.05) is 6.61 Å². The molecule has 0 amide bonds. The van der Waals surface area contributed by atoms with Gasteiger partial charge in [-0.3, -0.25) is 0 Å². The second-order valence-corrected chi connectivity index (χ2v) is 6.68. The Balaban J connectivity index is 2.09. The van der Waals surface area contributed by atoms with Gasteiger partial charge in [0.1, 0.15) is 0 Å². The standard InChI is InChI=1S/C17H17N3O3S/c1-2-23-17-12-16(13-6-4-3-5-7-13)20(19-17)14-8-10-15(11-9-14)24(18,21)22/h3-12H,2H2,1H3,(H2,18,21,22). The Morgan fingerprint density at radius 3 is 2.33 bits per heavy atom. The SMILES string of the molecule is CCOc1cc(-c2ccccc2)n(-c2ccc(S(N)(=O)=O)cc2)n1. The number of benzene rings is 2. The summed E-state index contributed by atoms with van der Waals surface area (Å²) in [5.74, 6) is 0.506. The average molecular weight is 343 g/mol. The van der Waals surface area contributed by atoms with Gasteiger partial charge < -0.3 is 4.74 Å². The van der Waals surface area contributed by atoms with E-state index in [1.54, 1.807) is 16.8 Å². The van der Waals surface area contributed by atoms with Gasteiger partial charge in [-0.25, -0.2) is 18.2 Å². The van der Waals surface area contributed by atoms with Crippen molar-refractivity contribution in [3.63, 3.8) is 0 Å². The van der Waals surface area contributed by atoms with E-state index >= 15 is 0 Å². The molecule has 124 valence electrons. The highest BCUT2D eigenvalue weighted by Crippen LogP contribution is 2.27. The highest BCUT2D eigenvalue weighted by atomic mass is 32.2. The third-order valence-corrected chi connectivity index (χ3v) is 4.39. The summed E-state index contributed by atoms with van der Waals surface area (Å²) in [7, 11) is -3.72. The van der Waals surface area contributed by atoms with Crippen LogP contribution in [-0.2, 0) is 10.0 Å². The van der Waals surface area contributed by atoms with E-state index in [2.05, 4.69) is 5.10 Å².